The molecule has 0 spiro atoms. The Balaban J connectivity index is 2.19. The van der Waals surface area contributed by atoms with E-state index >= 15 is 0 Å². The molecule has 0 radical (unpaired) electrons. The van der Waals surface area contributed by atoms with Gasteiger partial charge in [0.1, 0.15) is 6.17 Å². The summed E-state index contributed by atoms with van der Waals surface area (Å²) in [5, 5.41) is 0. The standard InChI is InChI=1S/C9H14FN/c1-7-3-9(2)4-8(10)6-11(9)5-7/h8H,1,3-6H2,2H3/t8-,9-/m1/s1. The highest BCUT2D eigenvalue weighted by Crippen LogP contribution is 2.41. The molecule has 0 saturated carbocycles. The van der Waals surface area contributed by atoms with Gasteiger partial charge in [-0.1, -0.05) is 12.2 Å². The molecule has 2 aliphatic rings. The van der Waals surface area contributed by atoms with E-state index in [0.29, 0.717) is 13.0 Å². The van der Waals surface area contributed by atoms with Gasteiger partial charge in [0.05, 0.1) is 0 Å². The molecule has 2 heteroatoms. The second-order valence-electron chi connectivity index (χ2n) is 4.11. The van der Waals surface area contributed by atoms with E-state index in [1.807, 2.05) is 0 Å². The molecule has 2 saturated heterocycles. The predicted octanol–water partition coefficient (Wildman–Crippen LogP) is 1.75. The number of alkyl halides is 1. The summed E-state index contributed by atoms with van der Waals surface area (Å²) in [4.78, 5) is 2.22. The van der Waals surface area contributed by atoms with E-state index in [1.54, 1.807) is 0 Å². The second-order valence-corrected chi connectivity index (χ2v) is 4.11. The van der Waals surface area contributed by atoms with Crippen molar-refractivity contribution in [2.24, 2.45) is 0 Å². The van der Waals surface area contributed by atoms with Gasteiger partial charge in [0.2, 0.25) is 0 Å². The first kappa shape index (κ1) is 7.29. The van der Waals surface area contributed by atoms with Crippen LogP contribution in [0.5, 0.6) is 0 Å². The number of rotatable bonds is 0. The third kappa shape index (κ3) is 1.00. The van der Waals surface area contributed by atoms with Crippen molar-refractivity contribution in [1.82, 2.24) is 4.90 Å². The summed E-state index contributed by atoms with van der Waals surface area (Å²) < 4.78 is 12.9. The summed E-state index contributed by atoms with van der Waals surface area (Å²) in [6, 6.07) is 0. The van der Waals surface area contributed by atoms with Gasteiger partial charge in [0.25, 0.3) is 0 Å². The molecular weight excluding hydrogens is 141 g/mol. The van der Waals surface area contributed by atoms with Crippen LogP contribution in [-0.2, 0) is 0 Å². The van der Waals surface area contributed by atoms with E-state index < -0.39 is 6.17 Å². The van der Waals surface area contributed by atoms with E-state index in [-0.39, 0.29) is 5.54 Å². The summed E-state index contributed by atoms with van der Waals surface area (Å²) >= 11 is 0. The Morgan fingerprint density at radius 3 is 3.09 bits per heavy atom. The molecule has 2 heterocycles. The van der Waals surface area contributed by atoms with Crippen LogP contribution in [0.25, 0.3) is 0 Å². The molecule has 0 aromatic heterocycles. The highest BCUT2D eigenvalue weighted by molar-refractivity contribution is 5.17. The fourth-order valence-electron chi connectivity index (χ4n) is 2.43. The SMILES string of the molecule is C=C1CN2C[C@H](F)C[C@@]2(C)C1. The van der Waals surface area contributed by atoms with Crippen molar-refractivity contribution in [2.75, 3.05) is 13.1 Å². The lowest BCUT2D eigenvalue weighted by molar-refractivity contribution is 0.217. The molecule has 1 nitrogen and oxygen atoms in total. The summed E-state index contributed by atoms with van der Waals surface area (Å²) in [5.74, 6) is 0. The minimum Gasteiger partial charge on any atom is -0.291 e. The number of hydrogen-bond donors (Lipinski definition) is 0. The third-order valence-corrected chi connectivity index (χ3v) is 2.89. The van der Waals surface area contributed by atoms with Crippen LogP contribution in [0.15, 0.2) is 12.2 Å². The fourth-order valence-corrected chi connectivity index (χ4v) is 2.43. The first-order valence-electron chi connectivity index (χ1n) is 4.16. The number of nitrogens with zero attached hydrogens (tertiary/aromatic N) is 1. The van der Waals surface area contributed by atoms with Crippen LogP contribution in [0.3, 0.4) is 0 Å². The normalized spacial score (nSPS) is 44.9. The molecule has 0 unspecified atom stereocenters. The Morgan fingerprint density at radius 2 is 2.45 bits per heavy atom. The van der Waals surface area contributed by atoms with Gasteiger partial charge in [-0.05, 0) is 19.8 Å². The summed E-state index contributed by atoms with van der Waals surface area (Å²) in [5.41, 5.74) is 1.37. The zero-order valence-corrected chi connectivity index (χ0v) is 6.94. The summed E-state index contributed by atoms with van der Waals surface area (Å²) in [6.07, 6.45) is 1.09. The Morgan fingerprint density at radius 1 is 1.73 bits per heavy atom. The second kappa shape index (κ2) is 2.07. The van der Waals surface area contributed by atoms with Crippen LogP contribution >= 0.6 is 0 Å². The van der Waals surface area contributed by atoms with Gasteiger partial charge >= 0.3 is 0 Å². The van der Waals surface area contributed by atoms with Gasteiger partial charge in [0, 0.05) is 18.6 Å². The average Bonchev–Trinajstić information content (AvgIpc) is 2.16. The molecule has 2 rings (SSSR count). The van der Waals surface area contributed by atoms with Crippen LogP contribution < -0.4 is 0 Å². The van der Waals surface area contributed by atoms with E-state index in [9.17, 15) is 4.39 Å². The van der Waals surface area contributed by atoms with Gasteiger partial charge in [-0.3, -0.25) is 4.90 Å². The van der Waals surface area contributed by atoms with Crippen molar-refractivity contribution in [3.8, 4) is 0 Å². The van der Waals surface area contributed by atoms with E-state index in [2.05, 4.69) is 18.4 Å². The smallest absolute Gasteiger partial charge is 0.115 e. The van der Waals surface area contributed by atoms with Crippen LogP contribution in [0, 0.1) is 0 Å². The molecular formula is C9H14FN. The van der Waals surface area contributed by atoms with E-state index in [1.165, 1.54) is 5.57 Å². The Bertz CT molecular complexity index is 202. The first-order valence-corrected chi connectivity index (χ1v) is 4.16. The molecule has 0 bridgehead atoms. The zero-order chi connectivity index (χ0) is 8.06. The van der Waals surface area contributed by atoms with Crippen LogP contribution in [0.1, 0.15) is 19.8 Å². The van der Waals surface area contributed by atoms with Gasteiger partial charge in [0.15, 0.2) is 0 Å². The molecule has 2 atom stereocenters. The Kier molecular flexibility index (Phi) is 1.37. The topological polar surface area (TPSA) is 3.24 Å². The van der Waals surface area contributed by atoms with Crippen molar-refractivity contribution < 1.29 is 4.39 Å². The predicted molar refractivity (Wildman–Crippen MR) is 43.2 cm³/mol. The maximum atomic E-state index is 12.9. The molecule has 0 aliphatic carbocycles. The van der Waals surface area contributed by atoms with Gasteiger partial charge < -0.3 is 0 Å². The van der Waals surface area contributed by atoms with Crippen LogP contribution in [0.4, 0.5) is 4.39 Å². The van der Waals surface area contributed by atoms with Crippen molar-refractivity contribution in [3.05, 3.63) is 12.2 Å². The third-order valence-electron chi connectivity index (χ3n) is 2.89. The Labute approximate surface area is 66.9 Å². The van der Waals surface area contributed by atoms with Gasteiger partial charge in [-0.25, -0.2) is 4.39 Å². The lowest BCUT2D eigenvalue weighted by Crippen LogP contribution is -2.34. The fraction of sp³-hybridized carbons (Fsp3) is 0.778. The molecule has 0 amide bonds. The zero-order valence-electron chi connectivity index (χ0n) is 6.94. The van der Waals surface area contributed by atoms with E-state index in [0.717, 1.165) is 13.0 Å². The van der Waals surface area contributed by atoms with Gasteiger partial charge in [-0.2, -0.15) is 0 Å². The summed E-state index contributed by atoms with van der Waals surface area (Å²) in [7, 11) is 0. The molecule has 0 aromatic rings. The lowest BCUT2D eigenvalue weighted by Gasteiger charge is -2.25. The highest BCUT2D eigenvalue weighted by Gasteiger charge is 2.46. The quantitative estimate of drug-likeness (QED) is 0.482. The van der Waals surface area contributed by atoms with Gasteiger partial charge in [-0.15, -0.1) is 0 Å². The number of hydrogen-bond acceptors (Lipinski definition) is 1. The van der Waals surface area contributed by atoms with Crippen LogP contribution in [-0.4, -0.2) is 29.7 Å². The average molecular weight is 155 g/mol. The monoisotopic (exact) mass is 155 g/mol. The number of halogens is 1. The molecule has 2 aliphatic heterocycles. The molecule has 0 aromatic carbocycles. The lowest BCUT2D eigenvalue weighted by atomic mass is 9.95. The minimum absolute atomic E-state index is 0.108. The molecule has 0 N–H and O–H groups in total. The largest absolute Gasteiger partial charge is 0.291 e. The highest BCUT2D eigenvalue weighted by atomic mass is 19.1. The molecule has 62 valence electrons. The van der Waals surface area contributed by atoms with Crippen molar-refractivity contribution in [3.63, 3.8) is 0 Å². The van der Waals surface area contributed by atoms with E-state index in [4.69, 9.17) is 0 Å². The maximum absolute atomic E-state index is 12.9. The minimum atomic E-state index is -0.604. The van der Waals surface area contributed by atoms with Crippen molar-refractivity contribution >= 4 is 0 Å². The Hall–Kier alpha value is -0.370. The van der Waals surface area contributed by atoms with Crippen molar-refractivity contribution in [1.29, 1.82) is 0 Å². The molecule has 2 fully saturated rings. The maximum Gasteiger partial charge on any atom is 0.115 e. The van der Waals surface area contributed by atoms with Crippen molar-refractivity contribution in [2.45, 2.75) is 31.5 Å². The van der Waals surface area contributed by atoms with Crippen LogP contribution in [0.2, 0.25) is 0 Å². The number of fused-ring (bicyclic) bond motifs is 1. The molecule has 11 heavy (non-hydrogen) atoms. The summed E-state index contributed by atoms with van der Waals surface area (Å²) in [6.45, 7) is 7.62. The first-order chi connectivity index (χ1) is 5.10.